The topological polar surface area (TPSA) is 7.76 Å². The molecule has 0 bridgehead atoms. The van der Waals surface area contributed by atoms with Gasteiger partial charge in [-0.1, -0.05) is 66.7 Å². The fourth-order valence-corrected chi connectivity index (χ4v) is 4.46. The van der Waals surface area contributed by atoms with Crippen molar-refractivity contribution in [2.75, 3.05) is 0 Å². The second kappa shape index (κ2) is 8.84. The second-order valence-electron chi connectivity index (χ2n) is 8.53. The van der Waals surface area contributed by atoms with E-state index in [1.165, 1.54) is 50.5 Å². The highest BCUT2D eigenvalue weighted by atomic mass is 15.0. The summed E-state index contributed by atoms with van der Waals surface area (Å²) >= 11 is 0. The normalized spacial score (nSPS) is 10.9. The molecule has 160 valence electrons. The Hall–Kier alpha value is -4.04. The lowest BCUT2D eigenvalue weighted by Gasteiger charge is -2.10. The zero-order valence-electron chi connectivity index (χ0n) is 19.4. The van der Waals surface area contributed by atoms with Crippen molar-refractivity contribution in [2.24, 2.45) is 14.1 Å². The van der Waals surface area contributed by atoms with Crippen LogP contribution in [0.25, 0.3) is 44.9 Å². The summed E-state index contributed by atoms with van der Waals surface area (Å²) in [4.78, 5) is 0. The van der Waals surface area contributed by atoms with Crippen LogP contribution in [0.3, 0.4) is 0 Å². The maximum Gasteiger partial charge on any atom is 0.277 e. The maximum atomic E-state index is 2.32. The van der Waals surface area contributed by atoms with Crippen LogP contribution < -0.4 is 9.13 Å². The third-order valence-corrected chi connectivity index (χ3v) is 6.39. The van der Waals surface area contributed by atoms with E-state index in [0.29, 0.717) is 0 Å². The van der Waals surface area contributed by atoms with Crippen molar-refractivity contribution in [2.45, 2.75) is 6.92 Å². The highest BCUT2D eigenvalue weighted by molar-refractivity contribution is 5.75. The summed E-state index contributed by atoms with van der Waals surface area (Å²) in [5.41, 5.74) is 11.0. The number of pyridine rings is 2. The van der Waals surface area contributed by atoms with E-state index in [1.54, 1.807) is 0 Å². The molecule has 2 heterocycles. The van der Waals surface area contributed by atoms with Crippen LogP contribution in [-0.4, -0.2) is 0 Å². The smallest absolute Gasteiger partial charge is 0.196 e. The van der Waals surface area contributed by atoms with Gasteiger partial charge >= 0.3 is 0 Å². The highest BCUT2D eigenvalue weighted by Crippen LogP contribution is 2.30. The van der Waals surface area contributed by atoms with Crippen LogP contribution >= 0.6 is 0 Å². The zero-order chi connectivity index (χ0) is 22.8. The Morgan fingerprint density at radius 2 is 1.06 bits per heavy atom. The van der Waals surface area contributed by atoms with Gasteiger partial charge in [0, 0.05) is 29.8 Å². The first-order chi connectivity index (χ1) is 16.1. The summed E-state index contributed by atoms with van der Waals surface area (Å²) in [6, 6.07) is 39.0. The molecule has 0 radical (unpaired) electrons. The van der Waals surface area contributed by atoms with E-state index in [1.807, 2.05) is 0 Å². The van der Waals surface area contributed by atoms with E-state index >= 15 is 0 Å². The number of rotatable bonds is 4. The minimum absolute atomic E-state index is 1.19. The quantitative estimate of drug-likeness (QED) is 0.296. The molecular formula is C31H28N2+2. The van der Waals surface area contributed by atoms with Crippen LogP contribution in [0.1, 0.15) is 5.56 Å². The molecule has 0 fully saturated rings. The average Bonchev–Trinajstić information content (AvgIpc) is 2.86. The molecule has 0 N–H and O–H groups in total. The van der Waals surface area contributed by atoms with Crippen LogP contribution in [0.4, 0.5) is 0 Å². The first-order valence-electron chi connectivity index (χ1n) is 11.3. The minimum Gasteiger partial charge on any atom is -0.196 e. The number of aromatic nitrogens is 2. The molecule has 0 amide bonds. The van der Waals surface area contributed by atoms with E-state index in [-0.39, 0.29) is 0 Å². The van der Waals surface area contributed by atoms with E-state index in [9.17, 15) is 0 Å². The van der Waals surface area contributed by atoms with Gasteiger partial charge in [0.1, 0.15) is 14.1 Å². The summed E-state index contributed by atoms with van der Waals surface area (Å²) in [5.74, 6) is 0. The molecule has 2 nitrogen and oxygen atoms in total. The van der Waals surface area contributed by atoms with Crippen LogP contribution in [0, 0.1) is 6.92 Å². The standard InChI is InChI=1S/C31H28N2/c1-23-15-16-27(26-19-17-25(18-20-26)24-10-5-4-6-11-24)22-28(23)29-13-9-14-31(33(29)3)30-12-7-8-21-32(30)2/h4-22H,1-3H3/q+2. The fraction of sp³-hybridized carbons (Fsp3) is 0.0968. The summed E-state index contributed by atoms with van der Waals surface area (Å²) in [7, 11) is 4.24. The summed E-state index contributed by atoms with van der Waals surface area (Å²) in [6.07, 6.45) is 2.09. The van der Waals surface area contributed by atoms with Gasteiger partial charge in [-0.3, -0.25) is 0 Å². The lowest BCUT2D eigenvalue weighted by molar-refractivity contribution is -0.685. The van der Waals surface area contributed by atoms with Crippen molar-refractivity contribution in [1.82, 2.24) is 0 Å². The molecule has 0 saturated heterocycles. The molecule has 3 aromatic carbocycles. The van der Waals surface area contributed by atoms with Gasteiger partial charge in [-0.25, -0.2) is 0 Å². The molecule has 33 heavy (non-hydrogen) atoms. The Balaban J connectivity index is 1.55. The Labute approximate surface area is 196 Å². The molecule has 0 saturated carbocycles. The van der Waals surface area contributed by atoms with Crippen molar-refractivity contribution in [3.05, 3.63) is 121 Å². The molecular weight excluding hydrogens is 400 g/mol. The molecule has 2 aromatic heterocycles. The number of aryl methyl sites for hydroxylation is 2. The van der Waals surface area contributed by atoms with Crippen LogP contribution in [-0.2, 0) is 14.1 Å². The SMILES string of the molecule is Cc1ccc(-c2ccc(-c3ccccc3)cc2)cc1-c1cccc(-c2cccc[n+]2C)[n+]1C. The Bertz CT molecular complexity index is 1420. The first-order valence-corrected chi connectivity index (χ1v) is 11.3. The molecule has 0 atom stereocenters. The zero-order valence-corrected chi connectivity index (χ0v) is 19.4. The number of hydrogen-bond acceptors (Lipinski definition) is 0. The molecule has 0 spiro atoms. The average molecular weight is 429 g/mol. The van der Waals surface area contributed by atoms with E-state index in [2.05, 4.69) is 146 Å². The van der Waals surface area contributed by atoms with Crippen LogP contribution in [0.15, 0.2) is 115 Å². The summed E-state index contributed by atoms with van der Waals surface area (Å²) in [5, 5.41) is 0. The molecule has 2 heteroatoms. The Morgan fingerprint density at radius 3 is 1.79 bits per heavy atom. The van der Waals surface area contributed by atoms with Gasteiger partial charge in [0.15, 0.2) is 6.20 Å². The van der Waals surface area contributed by atoms with Crippen molar-refractivity contribution in [3.8, 4) is 44.9 Å². The number of hydrogen-bond donors (Lipinski definition) is 0. The van der Waals surface area contributed by atoms with E-state index < -0.39 is 0 Å². The lowest BCUT2D eigenvalue weighted by atomic mass is 9.95. The fourth-order valence-electron chi connectivity index (χ4n) is 4.46. The van der Waals surface area contributed by atoms with Gasteiger partial charge in [-0.15, -0.1) is 0 Å². The Kier molecular flexibility index (Phi) is 5.58. The van der Waals surface area contributed by atoms with E-state index in [0.717, 1.165) is 0 Å². The van der Waals surface area contributed by atoms with Crippen LogP contribution in [0.2, 0.25) is 0 Å². The third-order valence-electron chi connectivity index (χ3n) is 6.39. The highest BCUT2D eigenvalue weighted by Gasteiger charge is 2.23. The first kappa shape index (κ1) is 20.8. The molecule has 5 aromatic rings. The number of benzene rings is 3. The molecule has 0 aliphatic heterocycles. The van der Waals surface area contributed by atoms with Gasteiger partial charge in [-0.2, -0.15) is 9.13 Å². The van der Waals surface area contributed by atoms with Gasteiger partial charge in [-0.05, 0) is 52.9 Å². The predicted molar refractivity (Wildman–Crippen MR) is 135 cm³/mol. The monoisotopic (exact) mass is 428 g/mol. The van der Waals surface area contributed by atoms with Gasteiger partial charge in [0.2, 0.25) is 5.69 Å². The largest absolute Gasteiger partial charge is 0.277 e. The number of nitrogens with zero attached hydrogens (tertiary/aromatic N) is 2. The Morgan fingerprint density at radius 1 is 0.485 bits per heavy atom. The summed E-state index contributed by atoms with van der Waals surface area (Å²) < 4.78 is 4.45. The van der Waals surface area contributed by atoms with Gasteiger partial charge in [0.25, 0.3) is 11.4 Å². The van der Waals surface area contributed by atoms with Crippen molar-refractivity contribution in [3.63, 3.8) is 0 Å². The second-order valence-corrected chi connectivity index (χ2v) is 8.53. The minimum atomic E-state index is 1.19. The van der Waals surface area contributed by atoms with Gasteiger partial charge < -0.3 is 0 Å². The van der Waals surface area contributed by atoms with Crippen molar-refractivity contribution >= 4 is 0 Å². The van der Waals surface area contributed by atoms with E-state index in [4.69, 9.17) is 0 Å². The molecule has 0 unspecified atom stereocenters. The van der Waals surface area contributed by atoms with Crippen LogP contribution in [0.5, 0.6) is 0 Å². The maximum absolute atomic E-state index is 2.32. The molecule has 0 aliphatic carbocycles. The van der Waals surface area contributed by atoms with Gasteiger partial charge in [0.05, 0.1) is 0 Å². The predicted octanol–water partition coefficient (Wildman–Crippen LogP) is 6.31. The van der Waals surface area contributed by atoms with Crippen molar-refractivity contribution < 1.29 is 9.13 Å². The molecule has 0 aliphatic rings. The third kappa shape index (κ3) is 4.08. The van der Waals surface area contributed by atoms with Crippen molar-refractivity contribution in [1.29, 1.82) is 0 Å². The lowest BCUT2D eigenvalue weighted by Crippen LogP contribution is -2.39. The molecule has 5 rings (SSSR count). The summed E-state index contributed by atoms with van der Waals surface area (Å²) in [6.45, 7) is 2.19.